The molecule has 0 radical (unpaired) electrons. The standard InChI is InChI=1S/C26H28BN3O4/c1-18(2)14-20(27-33-24-10-6-7-11-25(24)34-27)16-23(31)21(15-19-8-4-3-5-9-19)30-26(32)22-17-28-12-13-29-22/h3-13,17-18,20-21H,14-16H2,1-2H3,(H,30,32). The van der Waals surface area contributed by atoms with Crippen molar-refractivity contribution in [2.45, 2.75) is 45.0 Å². The first-order valence-corrected chi connectivity index (χ1v) is 11.6. The summed E-state index contributed by atoms with van der Waals surface area (Å²) in [6.45, 7) is 4.22. The molecule has 0 bridgehead atoms. The van der Waals surface area contributed by atoms with Crippen LogP contribution in [0.5, 0.6) is 11.5 Å². The molecule has 2 aromatic carbocycles. The lowest BCUT2D eigenvalue weighted by Crippen LogP contribution is -2.44. The molecule has 0 saturated heterocycles. The van der Waals surface area contributed by atoms with Crippen LogP contribution in [-0.2, 0) is 11.2 Å². The van der Waals surface area contributed by atoms with Crippen molar-refractivity contribution in [3.8, 4) is 11.5 Å². The van der Waals surface area contributed by atoms with Crippen LogP contribution < -0.4 is 14.6 Å². The van der Waals surface area contributed by atoms with Crippen molar-refractivity contribution < 1.29 is 18.9 Å². The second kappa shape index (κ2) is 11.0. The quantitative estimate of drug-likeness (QED) is 0.460. The van der Waals surface area contributed by atoms with Crippen LogP contribution in [0.3, 0.4) is 0 Å². The molecule has 1 aliphatic heterocycles. The minimum Gasteiger partial charge on any atom is -0.523 e. The Labute approximate surface area is 200 Å². The molecule has 7 nitrogen and oxygen atoms in total. The number of carbonyl (C=O) groups is 2. The number of aromatic nitrogens is 2. The molecule has 2 heterocycles. The molecule has 1 aliphatic rings. The Bertz CT molecular complexity index is 1090. The van der Waals surface area contributed by atoms with E-state index in [1.54, 1.807) is 0 Å². The van der Waals surface area contributed by atoms with Crippen molar-refractivity contribution in [2.75, 3.05) is 0 Å². The summed E-state index contributed by atoms with van der Waals surface area (Å²) in [6.07, 6.45) is 5.69. The van der Waals surface area contributed by atoms with Gasteiger partial charge in [-0.3, -0.25) is 14.6 Å². The van der Waals surface area contributed by atoms with Crippen LogP contribution in [0.25, 0.3) is 0 Å². The summed E-state index contributed by atoms with van der Waals surface area (Å²) in [5.74, 6) is 1.05. The summed E-state index contributed by atoms with van der Waals surface area (Å²) in [6, 6.07) is 16.4. The molecule has 2 atom stereocenters. The normalized spacial score (nSPS) is 14.0. The van der Waals surface area contributed by atoms with Crippen LogP contribution in [0.2, 0.25) is 5.82 Å². The summed E-state index contributed by atoms with van der Waals surface area (Å²) < 4.78 is 12.1. The van der Waals surface area contributed by atoms with Gasteiger partial charge in [-0.25, -0.2) is 4.98 Å². The summed E-state index contributed by atoms with van der Waals surface area (Å²) >= 11 is 0. The number of amides is 1. The molecule has 1 N–H and O–H groups in total. The number of carbonyl (C=O) groups excluding carboxylic acids is 2. The molecule has 0 saturated carbocycles. The minimum absolute atomic E-state index is 0.0742. The van der Waals surface area contributed by atoms with Gasteiger partial charge >= 0.3 is 7.12 Å². The van der Waals surface area contributed by atoms with Crippen molar-refractivity contribution in [1.82, 2.24) is 15.3 Å². The summed E-state index contributed by atoms with van der Waals surface area (Å²) in [4.78, 5) is 34.4. The zero-order valence-corrected chi connectivity index (χ0v) is 19.4. The largest absolute Gasteiger partial charge is 0.598 e. The predicted octanol–water partition coefficient (Wildman–Crippen LogP) is 4.15. The maximum Gasteiger partial charge on any atom is 0.598 e. The van der Waals surface area contributed by atoms with E-state index in [1.165, 1.54) is 18.6 Å². The molecule has 8 heteroatoms. The van der Waals surface area contributed by atoms with Gasteiger partial charge in [0, 0.05) is 24.6 Å². The Kier molecular flexibility index (Phi) is 7.57. The van der Waals surface area contributed by atoms with E-state index in [0.717, 1.165) is 12.0 Å². The highest BCUT2D eigenvalue weighted by atomic mass is 16.6. The van der Waals surface area contributed by atoms with E-state index in [1.807, 2.05) is 54.6 Å². The van der Waals surface area contributed by atoms with Crippen molar-refractivity contribution in [3.63, 3.8) is 0 Å². The lowest BCUT2D eigenvalue weighted by molar-refractivity contribution is -0.121. The van der Waals surface area contributed by atoms with Crippen LogP contribution in [0.15, 0.2) is 73.2 Å². The molecule has 174 valence electrons. The minimum atomic E-state index is -0.713. The van der Waals surface area contributed by atoms with Crippen molar-refractivity contribution in [3.05, 3.63) is 84.4 Å². The molecule has 0 spiro atoms. The van der Waals surface area contributed by atoms with Crippen molar-refractivity contribution in [2.24, 2.45) is 5.92 Å². The molecular weight excluding hydrogens is 429 g/mol. The third kappa shape index (κ3) is 6.01. The third-order valence-electron chi connectivity index (χ3n) is 5.73. The van der Waals surface area contributed by atoms with Gasteiger partial charge in [-0.2, -0.15) is 0 Å². The zero-order valence-electron chi connectivity index (χ0n) is 19.4. The van der Waals surface area contributed by atoms with Gasteiger partial charge < -0.3 is 14.6 Å². The monoisotopic (exact) mass is 457 g/mol. The number of hydrogen-bond donors (Lipinski definition) is 1. The van der Waals surface area contributed by atoms with Crippen molar-refractivity contribution in [1.29, 1.82) is 0 Å². The highest BCUT2D eigenvalue weighted by molar-refractivity contribution is 6.50. The second-order valence-electron chi connectivity index (χ2n) is 8.92. The molecular formula is C26H28BN3O4. The second-order valence-corrected chi connectivity index (χ2v) is 8.92. The molecule has 0 aliphatic carbocycles. The average Bonchev–Trinajstić information content (AvgIpc) is 3.28. The van der Waals surface area contributed by atoms with Gasteiger partial charge in [-0.1, -0.05) is 56.3 Å². The number of rotatable bonds is 10. The predicted molar refractivity (Wildman–Crippen MR) is 130 cm³/mol. The third-order valence-corrected chi connectivity index (χ3v) is 5.73. The van der Waals surface area contributed by atoms with Gasteiger partial charge in [-0.05, 0) is 36.5 Å². The van der Waals surface area contributed by atoms with E-state index in [0.29, 0.717) is 23.8 Å². The SMILES string of the molecule is CC(C)CC(CC(=O)C(Cc1ccccc1)NC(=O)c1cnccn1)B1Oc2ccccc2O1. The summed E-state index contributed by atoms with van der Waals surface area (Å²) in [7, 11) is -0.545. The van der Waals surface area contributed by atoms with Crippen molar-refractivity contribution >= 4 is 18.8 Å². The topological polar surface area (TPSA) is 90.4 Å². The Morgan fingerprint density at radius 2 is 1.65 bits per heavy atom. The molecule has 0 fully saturated rings. The van der Waals surface area contributed by atoms with Gasteiger partial charge in [-0.15, -0.1) is 0 Å². The van der Waals surface area contributed by atoms with Gasteiger partial charge in [0.05, 0.1) is 12.2 Å². The number of fused-ring (bicyclic) bond motifs is 1. The Morgan fingerprint density at radius 3 is 2.26 bits per heavy atom. The highest BCUT2D eigenvalue weighted by Crippen LogP contribution is 2.38. The van der Waals surface area contributed by atoms with E-state index < -0.39 is 19.1 Å². The van der Waals surface area contributed by atoms with E-state index in [-0.39, 0.29) is 23.7 Å². The van der Waals surface area contributed by atoms with Crippen LogP contribution in [0, 0.1) is 5.92 Å². The average molecular weight is 457 g/mol. The Morgan fingerprint density at radius 1 is 0.971 bits per heavy atom. The van der Waals surface area contributed by atoms with Gasteiger partial charge in [0.25, 0.3) is 5.91 Å². The smallest absolute Gasteiger partial charge is 0.523 e. The number of nitrogens with one attached hydrogen (secondary N) is 1. The van der Waals surface area contributed by atoms with Gasteiger partial charge in [0.15, 0.2) is 5.78 Å². The summed E-state index contributed by atoms with van der Waals surface area (Å²) in [5, 5.41) is 2.88. The van der Waals surface area contributed by atoms with E-state index in [4.69, 9.17) is 9.31 Å². The number of para-hydroxylation sites is 2. The highest BCUT2D eigenvalue weighted by Gasteiger charge is 2.42. The number of ketones is 1. The number of benzene rings is 2. The maximum atomic E-state index is 13.6. The van der Waals surface area contributed by atoms with E-state index in [9.17, 15) is 9.59 Å². The molecule has 1 amide bonds. The first kappa shape index (κ1) is 23.5. The van der Waals surface area contributed by atoms with E-state index in [2.05, 4.69) is 29.1 Å². The fraction of sp³-hybridized carbons (Fsp3) is 0.308. The lowest BCUT2D eigenvalue weighted by Gasteiger charge is -2.23. The van der Waals surface area contributed by atoms with Crippen LogP contribution in [-0.4, -0.2) is 34.8 Å². The number of nitrogens with zero attached hydrogens (tertiary/aromatic N) is 2. The molecule has 34 heavy (non-hydrogen) atoms. The first-order chi connectivity index (χ1) is 16.5. The maximum absolute atomic E-state index is 13.6. The number of Topliss-reactive ketones (excluding diaryl/α,β-unsaturated/α-hetero) is 1. The van der Waals surface area contributed by atoms with Gasteiger partial charge in [0.2, 0.25) is 0 Å². The van der Waals surface area contributed by atoms with Crippen LogP contribution >= 0.6 is 0 Å². The Balaban J connectivity index is 1.51. The number of hydrogen-bond acceptors (Lipinski definition) is 6. The fourth-order valence-corrected chi connectivity index (χ4v) is 4.15. The zero-order chi connectivity index (χ0) is 23.9. The summed E-state index contributed by atoms with van der Waals surface area (Å²) in [5.41, 5.74) is 1.13. The van der Waals surface area contributed by atoms with Crippen LogP contribution in [0.4, 0.5) is 0 Å². The fourth-order valence-electron chi connectivity index (χ4n) is 4.15. The lowest BCUT2D eigenvalue weighted by atomic mass is 9.65. The van der Waals surface area contributed by atoms with Gasteiger partial charge in [0.1, 0.15) is 17.2 Å². The van der Waals surface area contributed by atoms with E-state index >= 15 is 0 Å². The van der Waals surface area contributed by atoms with Crippen LogP contribution in [0.1, 0.15) is 42.7 Å². The first-order valence-electron chi connectivity index (χ1n) is 11.6. The molecule has 2 unspecified atom stereocenters. The molecule has 4 rings (SSSR count). The molecule has 1 aromatic heterocycles. The molecule has 3 aromatic rings. The Hall–Kier alpha value is -3.68.